The van der Waals surface area contributed by atoms with E-state index in [1.165, 1.54) is 0 Å². The molecule has 0 saturated carbocycles. The number of rotatable bonds is 6. The molecule has 0 amide bonds. The highest BCUT2D eigenvalue weighted by atomic mass is 79.9. The Labute approximate surface area is 389 Å². The van der Waals surface area contributed by atoms with Crippen LogP contribution in [0.1, 0.15) is 134 Å². The van der Waals surface area contributed by atoms with Crippen molar-refractivity contribution < 1.29 is 27.9 Å². The maximum absolute atomic E-state index is 6.20. The van der Waals surface area contributed by atoms with Crippen molar-refractivity contribution in [3.05, 3.63) is 101 Å². The van der Waals surface area contributed by atoms with E-state index < -0.39 is 21.1 Å². The van der Waals surface area contributed by atoms with Gasteiger partial charge in [-0.3, -0.25) is 0 Å². The standard InChI is InChI=1S/C21H26BN3O2.C15H14BrN3.C12H24B2O4/c1-14(2)17-8-7-9-19(24-17)25-18-12-16(11-10-15(18)13-23-25)22-26-20(3,4)21(5,6)27-22;1-10(2)13-4-3-5-15(18-13)19-14-8-12(16)7-6-11(14)9-17-19;1-9(2)10(3,4)16-13(15-9)14-17-11(5,6)12(7,8)18-14/h7-14H,1-6H3;3-10H,1-2H3;1-8H3. The van der Waals surface area contributed by atoms with Crippen LogP contribution in [0.5, 0.6) is 0 Å². The summed E-state index contributed by atoms with van der Waals surface area (Å²) in [4.78, 5) is 9.46. The summed E-state index contributed by atoms with van der Waals surface area (Å²) in [6.45, 7) is 33.0. The first kappa shape index (κ1) is 48.1. The van der Waals surface area contributed by atoms with E-state index in [-0.39, 0.29) is 33.6 Å². The summed E-state index contributed by atoms with van der Waals surface area (Å²) < 4.78 is 41.1. The molecule has 0 unspecified atom stereocenters. The fraction of sp³-hybridized carbons (Fsp3) is 0.500. The lowest BCUT2D eigenvalue weighted by Crippen LogP contribution is -2.41. The number of pyridine rings is 2. The molecular weight excluding hydrogens is 869 g/mol. The van der Waals surface area contributed by atoms with Crippen LogP contribution in [0.4, 0.5) is 0 Å². The molecule has 3 fully saturated rings. The number of hydrogen-bond acceptors (Lipinski definition) is 10. The first-order valence-corrected chi connectivity index (χ1v) is 23.1. The van der Waals surface area contributed by atoms with Gasteiger partial charge in [-0.05, 0) is 143 Å². The largest absolute Gasteiger partial charge is 0.494 e. The van der Waals surface area contributed by atoms with Gasteiger partial charge in [0.25, 0.3) is 0 Å². The van der Waals surface area contributed by atoms with E-state index in [1.807, 2.05) is 107 Å². The van der Waals surface area contributed by atoms with Crippen LogP contribution in [-0.4, -0.2) is 84.3 Å². The topological polar surface area (TPSA) is 117 Å². The van der Waals surface area contributed by atoms with Crippen molar-refractivity contribution in [1.29, 1.82) is 0 Å². The summed E-state index contributed by atoms with van der Waals surface area (Å²) in [6, 6.07) is 24.5. The average Bonchev–Trinajstić information content (AvgIpc) is 3.98. The lowest BCUT2D eigenvalue weighted by atomic mass is 9.49. The molecule has 9 rings (SSSR count). The molecule has 338 valence electrons. The van der Waals surface area contributed by atoms with E-state index in [2.05, 4.69) is 129 Å². The number of nitrogens with zero attached hydrogens (tertiary/aromatic N) is 6. The van der Waals surface area contributed by atoms with Crippen LogP contribution in [0.15, 0.2) is 89.7 Å². The molecule has 0 spiro atoms. The first-order valence-electron chi connectivity index (χ1n) is 22.3. The summed E-state index contributed by atoms with van der Waals surface area (Å²) >= 11 is 3.50. The van der Waals surface area contributed by atoms with Gasteiger partial charge in [0, 0.05) is 26.6 Å². The Morgan fingerprint density at radius 3 is 1.27 bits per heavy atom. The highest BCUT2D eigenvalue weighted by molar-refractivity contribution is 9.10. The number of aromatic nitrogens is 6. The first-order chi connectivity index (χ1) is 29.7. The molecule has 2 aromatic carbocycles. The lowest BCUT2D eigenvalue weighted by Gasteiger charge is -2.32. The van der Waals surface area contributed by atoms with Gasteiger partial charge in [0.15, 0.2) is 11.6 Å². The normalized spacial score (nSPS) is 20.2. The molecule has 6 aromatic rings. The molecule has 0 N–H and O–H groups in total. The van der Waals surface area contributed by atoms with Gasteiger partial charge in [-0.2, -0.15) is 10.2 Å². The van der Waals surface area contributed by atoms with Gasteiger partial charge < -0.3 is 27.9 Å². The van der Waals surface area contributed by atoms with Crippen LogP contribution in [-0.2, 0) is 27.9 Å². The number of hydrogen-bond donors (Lipinski definition) is 0. The molecule has 3 saturated heterocycles. The molecule has 0 atom stereocenters. The second-order valence-corrected chi connectivity index (χ2v) is 21.5. The monoisotopic (exact) mass is 932 g/mol. The minimum atomic E-state index is -0.476. The predicted octanol–water partition coefficient (Wildman–Crippen LogP) is 10.4. The van der Waals surface area contributed by atoms with Gasteiger partial charge in [0.05, 0.1) is 57.0 Å². The third kappa shape index (κ3) is 9.52. The van der Waals surface area contributed by atoms with Crippen molar-refractivity contribution in [2.24, 2.45) is 0 Å². The molecular formula is C48H64B3BrN6O6. The van der Waals surface area contributed by atoms with Crippen LogP contribution in [0.25, 0.3) is 33.4 Å². The van der Waals surface area contributed by atoms with Gasteiger partial charge in [0.2, 0.25) is 0 Å². The number of fused-ring (bicyclic) bond motifs is 2. The van der Waals surface area contributed by atoms with Crippen molar-refractivity contribution >= 4 is 64.3 Å². The zero-order chi connectivity index (χ0) is 46.8. The molecule has 4 aromatic heterocycles. The van der Waals surface area contributed by atoms with Crippen LogP contribution in [0, 0.1) is 0 Å². The maximum atomic E-state index is 6.20. The second-order valence-electron chi connectivity index (χ2n) is 20.6. The van der Waals surface area contributed by atoms with Crippen LogP contribution in [0.2, 0.25) is 0 Å². The molecule has 3 aliphatic rings. The highest BCUT2D eigenvalue weighted by Crippen LogP contribution is 2.43. The third-order valence-electron chi connectivity index (χ3n) is 13.5. The van der Waals surface area contributed by atoms with Gasteiger partial charge in [0.1, 0.15) is 0 Å². The summed E-state index contributed by atoms with van der Waals surface area (Å²) in [5.41, 5.74) is 3.01. The quantitative estimate of drug-likeness (QED) is 0.149. The zero-order valence-electron chi connectivity index (χ0n) is 40.5. The Balaban J connectivity index is 0.000000148. The Bertz CT molecular complexity index is 2540. The smallest absolute Gasteiger partial charge is 0.405 e. The van der Waals surface area contributed by atoms with Crippen LogP contribution >= 0.6 is 15.9 Å². The van der Waals surface area contributed by atoms with E-state index in [0.29, 0.717) is 11.8 Å². The molecule has 3 aliphatic heterocycles. The maximum Gasteiger partial charge on any atom is 0.494 e. The Morgan fingerprint density at radius 2 is 0.859 bits per heavy atom. The SMILES string of the molecule is CC(C)c1cccc(-n2ncc3ccc(B4OC(C)(C)C(C)(C)O4)cc32)n1.CC(C)c1cccc(-n2ncc3ccc(Br)cc32)n1.CC1(C)OB(B2OC(C)(C)C(C)(C)O2)OC1(C)C. The minimum absolute atomic E-state index is 0.360. The fourth-order valence-corrected chi connectivity index (χ4v) is 7.62. The summed E-state index contributed by atoms with van der Waals surface area (Å²) in [5.74, 6) is 2.46. The summed E-state index contributed by atoms with van der Waals surface area (Å²) in [7, 11) is -1.34. The molecule has 12 nitrogen and oxygen atoms in total. The van der Waals surface area contributed by atoms with Crippen LogP contribution in [0.3, 0.4) is 0 Å². The van der Waals surface area contributed by atoms with Crippen molar-refractivity contribution in [1.82, 2.24) is 29.5 Å². The van der Waals surface area contributed by atoms with Crippen molar-refractivity contribution in [3.8, 4) is 11.6 Å². The van der Waals surface area contributed by atoms with E-state index in [0.717, 1.165) is 54.8 Å². The number of halogens is 1. The van der Waals surface area contributed by atoms with Gasteiger partial charge in [-0.25, -0.2) is 19.3 Å². The van der Waals surface area contributed by atoms with Crippen molar-refractivity contribution in [2.45, 2.75) is 156 Å². The second kappa shape index (κ2) is 17.4. The minimum Gasteiger partial charge on any atom is -0.405 e. The van der Waals surface area contributed by atoms with Gasteiger partial charge in [-0.1, -0.05) is 74.0 Å². The Morgan fingerprint density at radius 1 is 0.484 bits per heavy atom. The van der Waals surface area contributed by atoms with Gasteiger partial charge >= 0.3 is 21.1 Å². The third-order valence-corrected chi connectivity index (χ3v) is 14.0. The van der Waals surface area contributed by atoms with E-state index in [9.17, 15) is 0 Å². The predicted molar refractivity (Wildman–Crippen MR) is 261 cm³/mol. The molecule has 0 radical (unpaired) electrons. The van der Waals surface area contributed by atoms with E-state index in [4.69, 9.17) is 32.9 Å². The molecule has 16 heteroatoms. The lowest BCUT2D eigenvalue weighted by molar-refractivity contribution is 0.00578. The van der Waals surface area contributed by atoms with E-state index in [1.54, 1.807) is 0 Å². The molecule has 64 heavy (non-hydrogen) atoms. The summed E-state index contributed by atoms with van der Waals surface area (Å²) in [5, 5.41) is 11.2. The van der Waals surface area contributed by atoms with Crippen molar-refractivity contribution in [2.75, 3.05) is 0 Å². The van der Waals surface area contributed by atoms with Crippen molar-refractivity contribution in [3.63, 3.8) is 0 Å². The summed E-state index contributed by atoms with van der Waals surface area (Å²) in [6.07, 6.45) is 3.73. The number of benzene rings is 2. The molecule has 7 heterocycles. The van der Waals surface area contributed by atoms with E-state index >= 15 is 0 Å². The fourth-order valence-electron chi connectivity index (χ4n) is 7.28. The highest BCUT2D eigenvalue weighted by Gasteiger charge is 2.63. The Kier molecular flexibility index (Phi) is 13.1. The average molecular weight is 933 g/mol. The van der Waals surface area contributed by atoms with Gasteiger partial charge in [-0.15, -0.1) is 0 Å². The molecule has 0 bridgehead atoms. The zero-order valence-corrected chi connectivity index (χ0v) is 42.1. The molecule has 0 aliphatic carbocycles. The Hall–Kier alpha value is -3.89. The van der Waals surface area contributed by atoms with Crippen LogP contribution < -0.4 is 5.46 Å².